The Bertz CT molecular complexity index is 567. The van der Waals surface area contributed by atoms with E-state index in [1.54, 1.807) is 30.3 Å². The van der Waals surface area contributed by atoms with Crippen molar-refractivity contribution in [1.29, 1.82) is 0 Å². The number of halogens is 2. The Balaban J connectivity index is 2.34. The van der Waals surface area contributed by atoms with Crippen LogP contribution in [-0.2, 0) is 0 Å². The minimum Gasteiger partial charge on any atom is -0.380 e. The van der Waals surface area contributed by atoms with E-state index < -0.39 is 29.1 Å². The fourth-order valence-electron chi connectivity index (χ4n) is 1.62. The van der Waals surface area contributed by atoms with E-state index >= 15 is 0 Å². The minimum atomic E-state index is -1.50. The standard InChI is InChI=1S/C14H10F2O2/c15-10-6-7-12(16)11(8-10)14(18)13(17)9-4-2-1-3-5-9/h1-8,13,17H. The molecule has 0 heterocycles. The fourth-order valence-corrected chi connectivity index (χ4v) is 1.62. The average molecular weight is 248 g/mol. The Hall–Kier alpha value is -2.07. The first-order chi connectivity index (χ1) is 8.59. The van der Waals surface area contributed by atoms with Gasteiger partial charge in [0.05, 0.1) is 5.56 Å². The summed E-state index contributed by atoms with van der Waals surface area (Å²) in [6.07, 6.45) is -1.50. The van der Waals surface area contributed by atoms with Crippen LogP contribution in [0, 0.1) is 11.6 Å². The third-order valence-corrected chi connectivity index (χ3v) is 2.56. The van der Waals surface area contributed by atoms with Crippen molar-refractivity contribution in [3.63, 3.8) is 0 Å². The Morgan fingerprint density at radius 1 is 1.06 bits per heavy atom. The molecule has 0 aromatic heterocycles. The summed E-state index contributed by atoms with van der Waals surface area (Å²) in [4.78, 5) is 11.9. The highest BCUT2D eigenvalue weighted by atomic mass is 19.1. The van der Waals surface area contributed by atoms with E-state index in [1.165, 1.54) is 0 Å². The summed E-state index contributed by atoms with van der Waals surface area (Å²) in [6, 6.07) is 10.7. The third kappa shape index (κ3) is 2.43. The van der Waals surface area contributed by atoms with Crippen LogP contribution in [0.5, 0.6) is 0 Å². The lowest BCUT2D eigenvalue weighted by Crippen LogP contribution is -2.14. The highest BCUT2D eigenvalue weighted by molar-refractivity contribution is 6.00. The summed E-state index contributed by atoms with van der Waals surface area (Å²) in [5, 5.41) is 9.82. The Kier molecular flexibility index (Phi) is 3.48. The molecule has 2 rings (SSSR count). The van der Waals surface area contributed by atoms with Crippen molar-refractivity contribution in [1.82, 2.24) is 0 Å². The van der Waals surface area contributed by atoms with Crippen LogP contribution in [0.3, 0.4) is 0 Å². The number of rotatable bonds is 3. The molecule has 1 unspecified atom stereocenters. The predicted molar refractivity (Wildman–Crippen MR) is 62.1 cm³/mol. The van der Waals surface area contributed by atoms with Crippen molar-refractivity contribution in [3.05, 3.63) is 71.3 Å². The van der Waals surface area contributed by atoms with Crippen LogP contribution in [0.2, 0.25) is 0 Å². The largest absolute Gasteiger partial charge is 0.380 e. The zero-order valence-electron chi connectivity index (χ0n) is 9.31. The smallest absolute Gasteiger partial charge is 0.198 e. The highest BCUT2D eigenvalue weighted by Crippen LogP contribution is 2.20. The highest BCUT2D eigenvalue weighted by Gasteiger charge is 2.22. The molecule has 0 radical (unpaired) electrons. The van der Waals surface area contributed by atoms with Gasteiger partial charge in [0.25, 0.3) is 0 Å². The van der Waals surface area contributed by atoms with Gasteiger partial charge in [-0.2, -0.15) is 0 Å². The van der Waals surface area contributed by atoms with E-state index in [0.717, 1.165) is 18.2 Å². The van der Waals surface area contributed by atoms with Gasteiger partial charge in [-0.3, -0.25) is 4.79 Å². The lowest BCUT2D eigenvalue weighted by Gasteiger charge is -2.10. The van der Waals surface area contributed by atoms with Crippen LogP contribution in [0.15, 0.2) is 48.5 Å². The Morgan fingerprint density at radius 2 is 1.72 bits per heavy atom. The van der Waals surface area contributed by atoms with Gasteiger partial charge < -0.3 is 5.11 Å². The number of aliphatic hydroxyl groups is 1. The maximum absolute atomic E-state index is 13.4. The molecular weight excluding hydrogens is 238 g/mol. The molecule has 1 N–H and O–H groups in total. The number of hydrogen-bond acceptors (Lipinski definition) is 2. The van der Waals surface area contributed by atoms with E-state index in [-0.39, 0.29) is 0 Å². The maximum Gasteiger partial charge on any atom is 0.198 e. The van der Waals surface area contributed by atoms with Gasteiger partial charge in [0.15, 0.2) is 5.78 Å². The number of carbonyl (C=O) groups excluding carboxylic acids is 1. The third-order valence-electron chi connectivity index (χ3n) is 2.56. The summed E-state index contributed by atoms with van der Waals surface area (Å²) in [7, 11) is 0. The first kappa shape index (κ1) is 12.4. The van der Waals surface area contributed by atoms with Crippen LogP contribution >= 0.6 is 0 Å². The van der Waals surface area contributed by atoms with Gasteiger partial charge in [0, 0.05) is 0 Å². The number of benzene rings is 2. The van der Waals surface area contributed by atoms with Gasteiger partial charge in [-0.1, -0.05) is 30.3 Å². The van der Waals surface area contributed by atoms with Crippen LogP contribution < -0.4 is 0 Å². The average Bonchev–Trinajstić information content (AvgIpc) is 2.41. The number of hydrogen-bond donors (Lipinski definition) is 1. The summed E-state index contributed by atoms with van der Waals surface area (Å²) in [6.45, 7) is 0. The molecule has 0 aliphatic rings. The second-order valence-corrected chi connectivity index (χ2v) is 3.80. The number of ketones is 1. The molecular formula is C14H10F2O2. The second-order valence-electron chi connectivity index (χ2n) is 3.80. The number of carbonyl (C=O) groups is 1. The Morgan fingerprint density at radius 3 is 2.39 bits per heavy atom. The molecule has 0 amide bonds. The Labute approximate surface area is 103 Å². The molecule has 0 aliphatic carbocycles. The van der Waals surface area contributed by atoms with Gasteiger partial charge in [-0.15, -0.1) is 0 Å². The summed E-state index contributed by atoms with van der Waals surface area (Å²) in [5.41, 5.74) is -0.113. The molecule has 1 atom stereocenters. The van der Waals surface area contributed by atoms with Crippen molar-refractivity contribution in [2.24, 2.45) is 0 Å². The predicted octanol–water partition coefficient (Wildman–Crippen LogP) is 2.88. The molecule has 2 nitrogen and oxygen atoms in total. The number of Topliss-reactive ketones (excluding diaryl/α,β-unsaturated/α-hetero) is 1. The molecule has 0 fully saturated rings. The fraction of sp³-hybridized carbons (Fsp3) is 0.0714. The second kappa shape index (κ2) is 5.06. The monoisotopic (exact) mass is 248 g/mol. The SMILES string of the molecule is O=C(c1cc(F)ccc1F)C(O)c1ccccc1. The van der Waals surface area contributed by atoms with E-state index in [9.17, 15) is 18.7 Å². The van der Waals surface area contributed by atoms with Gasteiger partial charge >= 0.3 is 0 Å². The van der Waals surface area contributed by atoms with E-state index in [2.05, 4.69) is 0 Å². The van der Waals surface area contributed by atoms with Crippen molar-refractivity contribution < 1.29 is 18.7 Å². The van der Waals surface area contributed by atoms with E-state index in [0.29, 0.717) is 5.56 Å². The zero-order valence-corrected chi connectivity index (χ0v) is 9.31. The van der Waals surface area contributed by atoms with Gasteiger partial charge in [0.2, 0.25) is 0 Å². The minimum absolute atomic E-state index is 0.339. The molecule has 4 heteroatoms. The van der Waals surface area contributed by atoms with Crippen molar-refractivity contribution in [2.75, 3.05) is 0 Å². The molecule has 0 spiro atoms. The van der Waals surface area contributed by atoms with Crippen LogP contribution in [0.25, 0.3) is 0 Å². The van der Waals surface area contributed by atoms with E-state index in [4.69, 9.17) is 0 Å². The van der Waals surface area contributed by atoms with E-state index in [1.807, 2.05) is 0 Å². The van der Waals surface area contributed by atoms with Crippen LogP contribution in [0.4, 0.5) is 8.78 Å². The van der Waals surface area contributed by atoms with Crippen LogP contribution in [-0.4, -0.2) is 10.9 Å². The lowest BCUT2D eigenvalue weighted by molar-refractivity contribution is 0.0742. The molecule has 2 aromatic carbocycles. The summed E-state index contributed by atoms with van der Waals surface area (Å²) < 4.78 is 26.4. The van der Waals surface area contributed by atoms with Crippen LogP contribution in [0.1, 0.15) is 22.0 Å². The molecule has 92 valence electrons. The maximum atomic E-state index is 13.4. The summed E-state index contributed by atoms with van der Waals surface area (Å²) in [5.74, 6) is -2.44. The van der Waals surface area contributed by atoms with Gasteiger partial charge in [-0.05, 0) is 23.8 Å². The molecule has 0 saturated heterocycles. The molecule has 0 bridgehead atoms. The molecule has 18 heavy (non-hydrogen) atoms. The van der Waals surface area contributed by atoms with Crippen molar-refractivity contribution >= 4 is 5.78 Å². The summed E-state index contributed by atoms with van der Waals surface area (Å²) >= 11 is 0. The first-order valence-electron chi connectivity index (χ1n) is 5.32. The molecule has 0 aliphatic heterocycles. The normalized spacial score (nSPS) is 12.2. The lowest BCUT2D eigenvalue weighted by atomic mass is 9.99. The van der Waals surface area contributed by atoms with Crippen molar-refractivity contribution in [3.8, 4) is 0 Å². The van der Waals surface area contributed by atoms with Crippen molar-refractivity contribution in [2.45, 2.75) is 6.10 Å². The van der Waals surface area contributed by atoms with Gasteiger partial charge in [0.1, 0.15) is 17.7 Å². The van der Waals surface area contributed by atoms with Gasteiger partial charge in [-0.25, -0.2) is 8.78 Å². The number of aliphatic hydroxyl groups excluding tert-OH is 1. The molecule has 2 aromatic rings. The quantitative estimate of drug-likeness (QED) is 0.848. The molecule has 0 saturated carbocycles. The zero-order chi connectivity index (χ0) is 13.1. The topological polar surface area (TPSA) is 37.3 Å². The first-order valence-corrected chi connectivity index (χ1v) is 5.32.